The summed E-state index contributed by atoms with van der Waals surface area (Å²) in [5.41, 5.74) is 5.70. The zero-order valence-electron chi connectivity index (χ0n) is 11.9. The standard InChI is InChI=1S/C14H22N2O2.BrH/c1-4-13(14(15,5-2)6-3)11-7-9-12(10-8-11)16(17)18;/h7-10,13H,4-6,15H2,1-3H3;1H. The van der Waals surface area contributed by atoms with Crippen molar-refractivity contribution in [2.45, 2.75) is 51.5 Å². The molecule has 5 heteroatoms. The van der Waals surface area contributed by atoms with Gasteiger partial charge in [-0.25, -0.2) is 0 Å². The first kappa shape index (κ1) is 18.1. The van der Waals surface area contributed by atoms with Crippen LogP contribution in [0.2, 0.25) is 0 Å². The van der Waals surface area contributed by atoms with E-state index in [0.29, 0.717) is 5.92 Å². The third-order valence-corrected chi connectivity index (χ3v) is 4.06. The molecule has 0 saturated carbocycles. The smallest absolute Gasteiger partial charge is 0.269 e. The van der Waals surface area contributed by atoms with Gasteiger partial charge in [0.15, 0.2) is 0 Å². The molecular formula is C14H23BrN2O2. The van der Waals surface area contributed by atoms with E-state index in [2.05, 4.69) is 26.5 Å². The molecule has 1 aromatic carbocycles. The van der Waals surface area contributed by atoms with Crippen LogP contribution in [-0.2, 0) is 0 Å². The quantitative estimate of drug-likeness (QED) is 0.584. The lowest BCUT2D eigenvalue weighted by Crippen LogP contribution is -3.00. The molecule has 3 N–H and O–H groups in total. The summed E-state index contributed by atoms with van der Waals surface area (Å²) in [5, 5.41) is 10.7. The number of nitro benzene ring substituents is 1. The van der Waals surface area contributed by atoms with Crippen LogP contribution < -0.4 is 22.7 Å². The van der Waals surface area contributed by atoms with Crippen molar-refractivity contribution in [2.75, 3.05) is 0 Å². The van der Waals surface area contributed by atoms with Gasteiger partial charge >= 0.3 is 0 Å². The van der Waals surface area contributed by atoms with Crippen molar-refractivity contribution in [1.82, 2.24) is 0 Å². The Bertz CT molecular complexity index is 402. The molecular weight excluding hydrogens is 308 g/mol. The first-order valence-corrected chi connectivity index (χ1v) is 6.58. The number of non-ortho nitro benzene ring substituents is 1. The lowest BCUT2D eigenvalue weighted by molar-refractivity contribution is -0.487. The van der Waals surface area contributed by atoms with Crippen LogP contribution >= 0.6 is 0 Å². The van der Waals surface area contributed by atoms with E-state index in [9.17, 15) is 10.1 Å². The number of benzene rings is 1. The zero-order chi connectivity index (χ0) is 13.8. The molecule has 0 amide bonds. The number of nitrogens with zero attached hydrogens (tertiary/aromatic N) is 1. The van der Waals surface area contributed by atoms with Gasteiger partial charge in [0.25, 0.3) is 5.69 Å². The molecule has 1 aromatic rings. The summed E-state index contributed by atoms with van der Waals surface area (Å²) in [5.74, 6) is 0.355. The summed E-state index contributed by atoms with van der Waals surface area (Å²) in [7, 11) is 0. The highest BCUT2D eigenvalue weighted by Gasteiger charge is 2.35. The number of quaternary nitrogens is 1. The van der Waals surface area contributed by atoms with E-state index in [-0.39, 0.29) is 33.1 Å². The normalized spacial score (nSPS) is 12.6. The second-order valence-electron chi connectivity index (χ2n) is 4.88. The highest BCUT2D eigenvalue weighted by Crippen LogP contribution is 2.33. The maximum absolute atomic E-state index is 10.7. The Morgan fingerprint density at radius 1 is 1.21 bits per heavy atom. The Balaban J connectivity index is 0.00000324. The third kappa shape index (κ3) is 4.01. The monoisotopic (exact) mass is 330 g/mol. The molecule has 0 radical (unpaired) electrons. The maximum Gasteiger partial charge on any atom is 0.269 e. The Morgan fingerprint density at radius 3 is 2.00 bits per heavy atom. The van der Waals surface area contributed by atoms with Crippen LogP contribution in [0.3, 0.4) is 0 Å². The van der Waals surface area contributed by atoms with Crippen molar-refractivity contribution in [1.29, 1.82) is 0 Å². The number of hydrogen-bond acceptors (Lipinski definition) is 2. The van der Waals surface area contributed by atoms with Crippen LogP contribution in [0.15, 0.2) is 24.3 Å². The molecule has 0 aliphatic carbocycles. The third-order valence-electron chi connectivity index (χ3n) is 4.06. The lowest BCUT2D eigenvalue weighted by Gasteiger charge is -2.32. The Morgan fingerprint density at radius 2 is 1.68 bits per heavy atom. The second-order valence-corrected chi connectivity index (χ2v) is 4.88. The Hall–Kier alpha value is -0.940. The van der Waals surface area contributed by atoms with Crippen molar-refractivity contribution < 1.29 is 27.6 Å². The molecule has 0 bridgehead atoms. The molecule has 0 fully saturated rings. The molecule has 19 heavy (non-hydrogen) atoms. The van der Waals surface area contributed by atoms with E-state index in [1.54, 1.807) is 12.1 Å². The minimum Gasteiger partial charge on any atom is -1.00 e. The summed E-state index contributed by atoms with van der Waals surface area (Å²) in [6.45, 7) is 6.46. The van der Waals surface area contributed by atoms with E-state index in [1.807, 2.05) is 12.1 Å². The average molecular weight is 331 g/mol. The van der Waals surface area contributed by atoms with Gasteiger partial charge in [-0.1, -0.05) is 32.9 Å². The first-order valence-electron chi connectivity index (χ1n) is 6.58. The fourth-order valence-corrected chi connectivity index (χ4v) is 2.59. The molecule has 1 unspecified atom stereocenters. The van der Waals surface area contributed by atoms with Crippen molar-refractivity contribution in [3.05, 3.63) is 39.9 Å². The van der Waals surface area contributed by atoms with Crippen LogP contribution in [0.4, 0.5) is 5.69 Å². The summed E-state index contributed by atoms with van der Waals surface area (Å²) < 4.78 is 0. The fraction of sp³-hybridized carbons (Fsp3) is 0.571. The van der Waals surface area contributed by atoms with Gasteiger partial charge < -0.3 is 22.7 Å². The minimum absolute atomic E-state index is 0. The highest BCUT2D eigenvalue weighted by atomic mass is 79.9. The summed E-state index contributed by atoms with van der Waals surface area (Å²) >= 11 is 0. The van der Waals surface area contributed by atoms with Gasteiger partial charge in [-0.15, -0.1) is 0 Å². The van der Waals surface area contributed by atoms with Gasteiger partial charge in [0.2, 0.25) is 0 Å². The second kappa shape index (κ2) is 7.60. The largest absolute Gasteiger partial charge is 1.00 e. The number of halogens is 1. The predicted molar refractivity (Wildman–Crippen MR) is 72.3 cm³/mol. The predicted octanol–water partition coefficient (Wildman–Crippen LogP) is -0.107. The van der Waals surface area contributed by atoms with Crippen LogP contribution in [0.1, 0.15) is 51.5 Å². The molecule has 0 aliphatic heterocycles. The summed E-state index contributed by atoms with van der Waals surface area (Å²) in [6, 6.07) is 6.92. The molecule has 0 spiro atoms. The van der Waals surface area contributed by atoms with Crippen LogP contribution in [0.25, 0.3) is 0 Å². The molecule has 108 valence electrons. The van der Waals surface area contributed by atoms with E-state index in [4.69, 9.17) is 0 Å². The molecule has 0 aliphatic rings. The van der Waals surface area contributed by atoms with Crippen molar-refractivity contribution in [3.8, 4) is 0 Å². The van der Waals surface area contributed by atoms with Gasteiger partial charge in [0.05, 0.1) is 4.92 Å². The number of rotatable bonds is 6. The van der Waals surface area contributed by atoms with Crippen LogP contribution in [-0.4, -0.2) is 10.5 Å². The Labute approximate surface area is 125 Å². The summed E-state index contributed by atoms with van der Waals surface area (Å²) in [6.07, 6.45) is 3.03. The number of hydrogen-bond donors (Lipinski definition) is 1. The first-order chi connectivity index (χ1) is 8.48. The molecule has 1 atom stereocenters. The SMILES string of the molecule is CCC(c1ccc([N+](=O)[O-])cc1)C([NH3+])(CC)CC.[Br-]. The van der Waals surface area contributed by atoms with Crippen molar-refractivity contribution in [2.24, 2.45) is 0 Å². The van der Waals surface area contributed by atoms with Crippen LogP contribution in [0.5, 0.6) is 0 Å². The van der Waals surface area contributed by atoms with Crippen molar-refractivity contribution in [3.63, 3.8) is 0 Å². The van der Waals surface area contributed by atoms with E-state index >= 15 is 0 Å². The van der Waals surface area contributed by atoms with Gasteiger partial charge in [-0.05, 0) is 24.8 Å². The summed E-state index contributed by atoms with van der Waals surface area (Å²) in [4.78, 5) is 10.3. The van der Waals surface area contributed by atoms with E-state index in [1.165, 1.54) is 0 Å². The molecule has 0 heterocycles. The Kier molecular flexibility index (Phi) is 7.23. The van der Waals surface area contributed by atoms with Gasteiger partial charge in [-0.2, -0.15) is 0 Å². The van der Waals surface area contributed by atoms with Crippen molar-refractivity contribution >= 4 is 5.69 Å². The maximum atomic E-state index is 10.7. The van der Waals surface area contributed by atoms with Gasteiger partial charge in [0.1, 0.15) is 5.54 Å². The van der Waals surface area contributed by atoms with Gasteiger partial charge in [0, 0.05) is 18.1 Å². The fourth-order valence-electron chi connectivity index (χ4n) is 2.59. The minimum atomic E-state index is -0.359. The molecule has 4 nitrogen and oxygen atoms in total. The number of nitro groups is 1. The lowest BCUT2D eigenvalue weighted by atomic mass is 9.75. The van der Waals surface area contributed by atoms with E-state index < -0.39 is 0 Å². The molecule has 1 rings (SSSR count). The van der Waals surface area contributed by atoms with Gasteiger partial charge in [-0.3, -0.25) is 10.1 Å². The zero-order valence-corrected chi connectivity index (χ0v) is 13.4. The average Bonchev–Trinajstić information content (AvgIpc) is 2.39. The highest BCUT2D eigenvalue weighted by molar-refractivity contribution is 5.35. The molecule has 0 saturated heterocycles. The van der Waals surface area contributed by atoms with Crippen LogP contribution in [0, 0.1) is 10.1 Å². The molecule has 0 aromatic heterocycles. The van der Waals surface area contributed by atoms with E-state index in [0.717, 1.165) is 24.8 Å². The topological polar surface area (TPSA) is 70.8 Å².